The van der Waals surface area contributed by atoms with Crippen LogP contribution in [0.15, 0.2) is 23.1 Å². The monoisotopic (exact) mass is 224 g/mol. The van der Waals surface area contributed by atoms with Crippen molar-refractivity contribution in [1.29, 1.82) is 0 Å². The Morgan fingerprint density at radius 3 is 3.20 bits per heavy atom. The van der Waals surface area contributed by atoms with E-state index in [2.05, 4.69) is 10.6 Å². The molecule has 0 fully saturated rings. The van der Waals surface area contributed by atoms with Gasteiger partial charge in [-0.25, -0.2) is 0 Å². The third-order valence-electron chi connectivity index (χ3n) is 2.12. The lowest BCUT2D eigenvalue weighted by Gasteiger charge is -2.17. The molecule has 80 valence electrons. The van der Waals surface area contributed by atoms with Gasteiger partial charge in [0, 0.05) is 11.4 Å². The first kappa shape index (κ1) is 10.5. The minimum absolute atomic E-state index is 0.0415. The van der Waals surface area contributed by atoms with Crippen LogP contribution in [0.2, 0.25) is 0 Å². The third-order valence-corrected chi connectivity index (χ3v) is 3.19. The molecule has 0 saturated carbocycles. The Labute approximate surface area is 92.1 Å². The van der Waals surface area contributed by atoms with Gasteiger partial charge in [-0.05, 0) is 17.7 Å². The molecule has 0 radical (unpaired) electrons. The molecule has 1 aromatic carbocycles. The molecule has 3 N–H and O–H groups in total. The highest BCUT2D eigenvalue weighted by Gasteiger charge is 2.14. The van der Waals surface area contributed by atoms with Crippen molar-refractivity contribution in [3.05, 3.63) is 23.8 Å². The molecule has 2 rings (SSSR count). The van der Waals surface area contributed by atoms with Crippen molar-refractivity contribution in [2.75, 3.05) is 17.8 Å². The molecular formula is C10H12N2O2S. The minimum atomic E-state index is -0.0435. The maximum Gasteiger partial charge on any atom is 0.234 e. The third kappa shape index (κ3) is 2.50. The van der Waals surface area contributed by atoms with Gasteiger partial charge in [0.1, 0.15) is 0 Å². The standard InChI is InChI=1S/C10H12N2O2S/c13-6-11-4-7-1-2-9-8(3-7)12-10(14)5-15-9/h1-3,11,13H,4-6H2,(H,12,14). The number of nitrogens with one attached hydrogen (secondary N) is 2. The SMILES string of the molecule is O=C1CSc2ccc(CNCO)cc2N1. The summed E-state index contributed by atoms with van der Waals surface area (Å²) in [7, 11) is 0. The van der Waals surface area contributed by atoms with Crippen LogP contribution < -0.4 is 10.6 Å². The lowest BCUT2D eigenvalue weighted by Crippen LogP contribution is -2.19. The second-order valence-electron chi connectivity index (χ2n) is 3.25. The second kappa shape index (κ2) is 4.65. The van der Waals surface area contributed by atoms with E-state index in [4.69, 9.17) is 5.11 Å². The quantitative estimate of drug-likeness (QED) is 0.664. The van der Waals surface area contributed by atoms with Gasteiger partial charge >= 0.3 is 0 Å². The van der Waals surface area contributed by atoms with Gasteiger partial charge in [-0.3, -0.25) is 10.1 Å². The number of aliphatic hydroxyl groups is 1. The van der Waals surface area contributed by atoms with Gasteiger partial charge in [0.2, 0.25) is 5.91 Å². The van der Waals surface area contributed by atoms with Crippen molar-refractivity contribution in [2.45, 2.75) is 11.4 Å². The zero-order valence-corrected chi connectivity index (χ0v) is 8.93. The average molecular weight is 224 g/mol. The predicted molar refractivity (Wildman–Crippen MR) is 59.7 cm³/mol. The van der Waals surface area contributed by atoms with E-state index in [0.29, 0.717) is 12.3 Å². The first-order chi connectivity index (χ1) is 7.29. The summed E-state index contributed by atoms with van der Waals surface area (Å²) in [4.78, 5) is 12.3. The fraction of sp³-hybridized carbons (Fsp3) is 0.300. The number of hydrogen-bond acceptors (Lipinski definition) is 4. The van der Waals surface area contributed by atoms with E-state index < -0.39 is 0 Å². The summed E-state index contributed by atoms with van der Waals surface area (Å²) in [6.45, 7) is 0.558. The van der Waals surface area contributed by atoms with Crippen molar-refractivity contribution >= 4 is 23.4 Å². The van der Waals surface area contributed by atoms with Gasteiger partial charge in [0.15, 0.2) is 0 Å². The molecule has 0 bridgehead atoms. The molecular weight excluding hydrogens is 212 g/mol. The normalized spacial score (nSPS) is 14.6. The topological polar surface area (TPSA) is 61.4 Å². The van der Waals surface area contributed by atoms with E-state index >= 15 is 0 Å². The van der Waals surface area contributed by atoms with Gasteiger partial charge in [-0.1, -0.05) is 6.07 Å². The highest BCUT2D eigenvalue weighted by molar-refractivity contribution is 8.00. The molecule has 1 amide bonds. The number of rotatable bonds is 3. The van der Waals surface area contributed by atoms with E-state index in [9.17, 15) is 4.79 Å². The molecule has 0 aromatic heterocycles. The first-order valence-electron chi connectivity index (χ1n) is 4.67. The Morgan fingerprint density at radius 2 is 2.40 bits per heavy atom. The minimum Gasteiger partial charge on any atom is -0.381 e. The molecule has 0 atom stereocenters. The van der Waals surface area contributed by atoms with Crippen LogP contribution >= 0.6 is 11.8 Å². The summed E-state index contributed by atoms with van der Waals surface area (Å²) >= 11 is 1.55. The number of carbonyl (C=O) groups is 1. The van der Waals surface area contributed by atoms with E-state index in [1.165, 1.54) is 0 Å². The van der Waals surface area contributed by atoms with Crippen molar-refractivity contribution in [2.24, 2.45) is 0 Å². The van der Waals surface area contributed by atoms with E-state index in [-0.39, 0.29) is 12.6 Å². The number of anilines is 1. The first-order valence-corrected chi connectivity index (χ1v) is 5.65. The molecule has 0 unspecified atom stereocenters. The van der Waals surface area contributed by atoms with Gasteiger partial charge in [-0.2, -0.15) is 0 Å². The Hall–Kier alpha value is -1.04. The number of hydrogen-bond donors (Lipinski definition) is 3. The van der Waals surface area contributed by atoms with Crippen LogP contribution in [0.1, 0.15) is 5.56 Å². The molecule has 1 heterocycles. The fourth-order valence-electron chi connectivity index (χ4n) is 1.44. The fourth-order valence-corrected chi connectivity index (χ4v) is 2.23. The number of amides is 1. The average Bonchev–Trinajstić information content (AvgIpc) is 2.25. The van der Waals surface area contributed by atoms with Gasteiger partial charge < -0.3 is 10.4 Å². The second-order valence-corrected chi connectivity index (χ2v) is 4.27. The summed E-state index contributed by atoms with van der Waals surface area (Å²) in [6, 6.07) is 5.92. The number of fused-ring (bicyclic) bond motifs is 1. The summed E-state index contributed by atoms with van der Waals surface area (Å²) in [5.74, 6) is 0.529. The molecule has 0 aliphatic carbocycles. The molecule has 4 nitrogen and oxygen atoms in total. The lowest BCUT2D eigenvalue weighted by molar-refractivity contribution is -0.113. The lowest BCUT2D eigenvalue weighted by atomic mass is 10.2. The maximum atomic E-state index is 11.2. The van der Waals surface area contributed by atoms with Crippen molar-refractivity contribution in [3.8, 4) is 0 Å². The molecule has 1 aliphatic rings. The van der Waals surface area contributed by atoms with Crippen LogP contribution in [-0.2, 0) is 11.3 Å². The largest absolute Gasteiger partial charge is 0.381 e. The highest BCUT2D eigenvalue weighted by atomic mass is 32.2. The van der Waals surface area contributed by atoms with Crippen molar-refractivity contribution in [1.82, 2.24) is 5.32 Å². The summed E-state index contributed by atoms with van der Waals surface area (Å²) < 4.78 is 0. The molecule has 0 saturated heterocycles. The number of aliphatic hydroxyl groups excluding tert-OH is 1. The summed E-state index contributed by atoms with van der Waals surface area (Å²) in [5.41, 5.74) is 1.92. The summed E-state index contributed by atoms with van der Waals surface area (Å²) in [5, 5.41) is 14.3. The Balaban J connectivity index is 2.17. The number of carbonyl (C=O) groups excluding carboxylic acids is 1. The zero-order chi connectivity index (χ0) is 10.7. The van der Waals surface area contributed by atoms with Crippen molar-refractivity contribution < 1.29 is 9.90 Å². The van der Waals surface area contributed by atoms with E-state index in [1.54, 1.807) is 11.8 Å². The smallest absolute Gasteiger partial charge is 0.234 e. The zero-order valence-electron chi connectivity index (χ0n) is 8.12. The summed E-state index contributed by atoms with van der Waals surface area (Å²) in [6.07, 6.45) is 0. The van der Waals surface area contributed by atoms with Gasteiger partial charge in [0.05, 0.1) is 18.2 Å². The van der Waals surface area contributed by atoms with Gasteiger partial charge in [-0.15, -0.1) is 11.8 Å². The number of benzene rings is 1. The Morgan fingerprint density at radius 1 is 1.53 bits per heavy atom. The number of thioether (sulfide) groups is 1. The van der Waals surface area contributed by atoms with Crippen LogP contribution in [0, 0.1) is 0 Å². The van der Waals surface area contributed by atoms with E-state index in [1.807, 2.05) is 18.2 Å². The molecule has 1 aliphatic heterocycles. The van der Waals surface area contributed by atoms with E-state index in [0.717, 1.165) is 16.1 Å². The molecule has 1 aromatic rings. The van der Waals surface area contributed by atoms with Crippen LogP contribution in [-0.4, -0.2) is 23.5 Å². The van der Waals surface area contributed by atoms with Crippen LogP contribution in [0.25, 0.3) is 0 Å². The van der Waals surface area contributed by atoms with Crippen LogP contribution in [0.4, 0.5) is 5.69 Å². The maximum absolute atomic E-state index is 11.2. The predicted octanol–water partition coefficient (Wildman–Crippen LogP) is 0.770. The highest BCUT2D eigenvalue weighted by Crippen LogP contribution is 2.31. The Kier molecular flexibility index (Phi) is 3.25. The molecule has 15 heavy (non-hydrogen) atoms. The molecule has 5 heteroatoms. The van der Waals surface area contributed by atoms with Crippen LogP contribution in [0.5, 0.6) is 0 Å². The van der Waals surface area contributed by atoms with Gasteiger partial charge in [0.25, 0.3) is 0 Å². The van der Waals surface area contributed by atoms with Crippen molar-refractivity contribution in [3.63, 3.8) is 0 Å². The Bertz CT molecular complexity index is 382. The molecule has 0 spiro atoms. The van der Waals surface area contributed by atoms with Crippen LogP contribution in [0.3, 0.4) is 0 Å².